The topological polar surface area (TPSA) is 63.0 Å². The molecule has 2 N–H and O–H groups in total. The summed E-state index contributed by atoms with van der Waals surface area (Å²) in [4.78, 5) is 9.26. The number of guanidine groups is 1. The molecule has 6 heteroatoms. The largest absolute Gasteiger partial charge is 0.497 e. The van der Waals surface area contributed by atoms with Crippen LogP contribution in [-0.4, -0.2) is 35.5 Å². The van der Waals surface area contributed by atoms with Crippen LogP contribution in [0.4, 0.5) is 0 Å². The molecule has 0 amide bonds. The number of hydrogen-bond donors (Lipinski definition) is 2. The molecule has 0 atom stereocenters. The normalized spacial score (nSPS) is 11.5. The molecule has 0 saturated carbocycles. The Morgan fingerprint density at radius 3 is 2.92 bits per heavy atom. The predicted molar refractivity (Wildman–Crippen MR) is 105 cm³/mol. The third kappa shape index (κ3) is 4.75. The molecule has 0 saturated heterocycles. The van der Waals surface area contributed by atoms with Gasteiger partial charge in [-0.25, -0.2) is 9.98 Å². The van der Waals surface area contributed by atoms with Gasteiger partial charge in [0.1, 0.15) is 11.4 Å². The lowest BCUT2D eigenvalue weighted by atomic mass is 10.2. The summed E-state index contributed by atoms with van der Waals surface area (Å²) in [6.45, 7) is 4.25. The van der Waals surface area contributed by atoms with Gasteiger partial charge in [0.15, 0.2) is 5.96 Å². The van der Waals surface area contributed by atoms with Gasteiger partial charge in [0.2, 0.25) is 0 Å². The van der Waals surface area contributed by atoms with Gasteiger partial charge in [0, 0.05) is 31.9 Å². The Kier molecular flexibility index (Phi) is 6.09. The van der Waals surface area contributed by atoms with Crippen LogP contribution in [0.3, 0.4) is 0 Å². The van der Waals surface area contributed by atoms with E-state index in [4.69, 9.17) is 4.74 Å². The van der Waals surface area contributed by atoms with Crippen LogP contribution in [0.25, 0.3) is 5.65 Å². The molecule has 136 valence electrons. The van der Waals surface area contributed by atoms with Gasteiger partial charge < -0.3 is 19.8 Å². The lowest BCUT2D eigenvalue weighted by molar-refractivity contribution is 0.414. The van der Waals surface area contributed by atoms with Gasteiger partial charge in [-0.15, -0.1) is 0 Å². The van der Waals surface area contributed by atoms with Crippen molar-refractivity contribution in [2.24, 2.45) is 4.99 Å². The van der Waals surface area contributed by atoms with E-state index in [1.807, 2.05) is 53.1 Å². The number of pyridine rings is 1. The summed E-state index contributed by atoms with van der Waals surface area (Å²) in [5.74, 6) is 1.65. The van der Waals surface area contributed by atoms with E-state index in [0.29, 0.717) is 6.54 Å². The summed E-state index contributed by atoms with van der Waals surface area (Å²) in [5, 5.41) is 6.65. The second-order valence-electron chi connectivity index (χ2n) is 5.92. The number of nitrogens with one attached hydrogen (secondary N) is 2. The first-order valence-corrected chi connectivity index (χ1v) is 8.86. The van der Waals surface area contributed by atoms with E-state index in [9.17, 15) is 0 Å². The number of benzene rings is 1. The van der Waals surface area contributed by atoms with E-state index in [2.05, 4.69) is 33.7 Å². The number of hydrogen-bond acceptors (Lipinski definition) is 3. The first kappa shape index (κ1) is 17.8. The van der Waals surface area contributed by atoms with Gasteiger partial charge in [-0.3, -0.25) is 0 Å². The average molecular weight is 351 g/mol. The highest BCUT2D eigenvalue weighted by molar-refractivity contribution is 5.79. The molecule has 0 spiro atoms. The Morgan fingerprint density at radius 1 is 1.19 bits per heavy atom. The fourth-order valence-corrected chi connectivity index (χ4v) is 2.70. The first-order chi connectivity index (χ1) is 12.8. The number of nitrogens with zero attached hydrogens (tertiary/aromatic N) is 3. The number of rotatable bonds is 7. The molecular formula is C20H25N5O. The molecule has 2 heterocycles. The Balaban J connectivity index is 1.57. The van der Waals surface area contributed by atoms with Crippen molar-refractivity contribution >= 4 is 11.6 Å². The van der Waals surface area contributed by atoms with Crippen molar-refractivity contribution in [3.8, 4) is 5.75 Å². The molecule has 0 fully saturated rings. The number of methoxy groups -OCH3 is 1. The number of imidazole rings is 1. The molecule has 1 aromatic carbocycles. The molecule has 26 heavy (non-hydrogen) atoms. The third-order valence-corrected chi connectivity index (χ3v) is 3.99. The zero-order valence-corrected chi connectivity index (χ0v) is 15.3. The van der Waals surface area contributed by atoms with E-state index in [-0.39, 0.29) is 0 Å². The average Bonchev–Trinajstić information content (AvgIpc) is 3.09. The minimum Gasteiger partial charge on any atom is -0.497 e. The standard InChI is InChI=1S/C20H25N5O/c1-3-21-20(23-14-16-7-6-8-18(13-16)26-2)22-11-10-17-15-25-12-5-4-9-19(25)24-17/h4-9,12-13,15H,3,10-11,14H2,1-2H3,(H2,21,22,23). The lowest BCUT2D eigenvalue weighted by Gasteiger charge is -2.11. The smallest absolute Gasteiger partial charge is 0.191 e. The highest BCUT2D eigenvalue weighted by Gasteiger charge is 2.02. The van der Waals surface area contributed by atoms with Crippen LogP contribution < -0.4 is 15.4 Å². The van der Waals surface area contributed by atoms with Gasteiger partial charge in [0.05, 0.1) is 19.3 Å². The van der Waals surface area contributed by atoms with Crippen LogP contribution in [0.5, 0.6) is 5.75 Å². The Labute approximate surface area is 153 Å². The Morgan fingerprint density at radius 2 is 2.12 bits per heavy atom. The van der Waals surface area contributed by atoms with Crippen molar-refractivity contribution < 1.29 is 4.74 Å². The molecule has 6 nitrogen and oxygen atoms in total. The molecule has 0 aliphatic rings. The van der Waals surface area contributed by atoms with Gasteiger partial charge >= 0.3 is 0 Å². The zero-order chi connectivity index (χ0) is 18.2. The van der Waals surface area contributed by atoms with Gasteiger partial charge in [0.25, 0.3) is 0 Å². The SMILES string of the molecule is CCNC(=NCc1cccc(OC)c1)NCCc1cn2ccccc2n1. The van der Waals surface area contributed by atoms with E-state index in [1.54, 1.807) is 7.11 Å². The Bertz CT molecular complexity index is 838. The molecular weight excluding hydrogens is 326 g/mol. The molecule has 0 radical (unpaired) electrons. The molecule has 3 aromatic rings. The van der Waals surface area contributed by atoms with Crippen LogP contribution >= 0.6 is 0 Å². The Hall–Kier alpha value is -3.02. The van der Waals surface area contributed by atoms with Crippen LogP contribution in [0.2, 0.25) is 0 Å². The highest BCUT2D eigenvalue weighted by Crippen LogP contribution is 2.13. The first-order valence-electron chi connectivity index (χ1n) is 8.86. The third-order valence-electron chi connectivity index (χ3n) is 3.99. The molecule has 0 bridgehead atoms. The maximum atomic E-state index is 5.26. The highest BCUT2D eigenvalue weighted by atomic mass is 16.5. The fourth-order valence-electron chi connectivity index (χ4n) is 2.70. The zero-order valence-electron chi connectivity index (χ0n) is 15.3. The summed E-state index contributed by atoms with van der Waals surface area (Å²) in [7, 11) is 1.67. The number of ether oxygens (including phenoxy) is 1. The summed E-state index contributed by atoms with van der Waals surface area (Å²) >= 11 is 0. The minimum absolute atomic E-state index is 0.598. The second kappa shape index (κ2) is 8.89. The second-order valence-corrected chi connectivity index (χ2v) is 5.92. The van der Waals surface area contributed by atoms with Gasteiger partial charge in [-0.1, -0.05) is 18.2 Å². The summed E-state index contributed by atoms with van der Waals surface area (Å²) in [5.41, 5.74) is 3.15. The number of fused-ring (bicyclic) bond motifs is 1. The molecule has 0 aliphatic carbocycles. The van der Waals surface area contributed by atoms with Crippen molar-refractivity contribution in [3.05, 3.63) is 66.1 Å². The summed E-state index contributed by atoms with van der Waals surface area (Å²) in [6, 6.07) is 14.0. The minimum atomic E-state index is 0.598. The van der Waals surface area contributed by atoms with E-state index in [0.717, 1.165) is 48.1 Å². The summed E-state index contributed by atoms with van der Waals surface area (Å²) in [6.07, 6.45) is 4.92. The van der Waals surface area contributed by atoms with Gasteiger partial charge in [-0.2, -0.15) is 0 Å². The maximum absolute atomic E-state index is 5.26. The number of aromatic nitrogens is 2. The molecule has 2 aromatic heterocycles. The van der Waals surface area contributed by atoms with E-state index in [1.165, 1.54) is 0 Å². The predicted octanol–water partition coefficient (Wildman–Crippen LogP) is 2.64. The van der Waals surface area contributed by atoms with E-state index < -0.39 is 0 Å². The summed E-state index contributed by atoms with van der Waals surface area (Å²) < 4.78 is 7.30. The van der Waals surface area contributed by atoms with Gasteiger partial charge in [-0.05, 0) is 36.8 Å². The van der Waals surface area contributed by atoms with Crippen LogP contribution in [0.15, 0.2) is 59.9 Å². The number of aliphatic imine (C=N–C) groups is 1. The molecule has 3 rings (SSSR count). The van der Waals surface area contributed by atoms with Crippen LogP contribution in [0, 0.1) is 0 Å². The van der Waals surface area contributed by atoms with Crippen molar-refractivity contribution in [2.45, 2.75) is 19.9 Å². The van der Waals surface area contributed by atoms with Crippen molar-refractivity contribution in [1.29, 1.82) is 0 Å². The molecule has 0 unspecified atom stereocenters. The molecule has 0 aliphatic heterocycles. The fraction of sp³-hybridized carbons (Fsp3) is 0.300. The lowest BCUT2D eigenvalue weighted by Crippen LogP contribution is -2.38. The quantitative estimate of drug-likeness (QED) is 0.507. The van der Waals surface area contributed by atoms with Crippen LogP contribution in [-0.2, 0) is 13.0 Å². The maximum Gasteiger partial charge on any atom is 0.191 e. The van der Waals surface area contributed by atoms with E-state index >= 15 is 0 Å². The van der Waals surface area contributed by atoms with Crippen molar-refractivity contribution in [3.63, 3.8) is 0 Å². The van der Waals surface area contributed by atoms with Crippen molar-refractivity contribution in [2.75, 3.05) is 20.2 Å². The monoisotopic (exact) mass is 351 g/mol. The van der Waals surface area contributed by atoms with Crippen molar-refractivity contribution in [1.82, 2.24) is 20.0 Å². The van der Waals surface area contributed by atoms with Crippen LogP contribution in [0.1, 0.15) is 18.2 Å².